The highest BCUT2D eigenvalue weighted by Gasteiger charge is 2.09. The van der Waals surface area contributed by atoms with Crippen LogP contribution in [0.15, 0.2) is 82.0 Å². The zero-order chi connectivity index (χ0) is 26.8. The monoisotopic (exact) mass is 530 g/mol. The third-order valence-corrected chi connectivity index (χ3v) is 5.84. The van der Waals surface area contributed by atoms with E-state index in [1.54, 1.807) is 43.6 Å². The highest BCUT2D eigenvalue weighted by Crippen LogP contribution is 2.24. The van der Waals surface area contributed by atoms with Gasteiger partial charge in [0.25, 0.3) is 16.1 Å². The Labute approximate surface area is 213 Å². The van der Waals surface area contributed by atoms with E-state index < -0.39 is 10.1 Å². The number of halogens is 1. The number of nitrogens with zero attached hydrogens (tertiary/aromatic N) is 2. The van der Waals surface area contributed by atoms with Gasteiger partial charge in [0, 0.05) is 37.0 Å². The second kappa shape index (κ2) is 12.8. The molecule has 2 aromatic carbocycles. The topological polar surface area (TPSA) is 150 Å². The van der Waals surface area contributed by atoms with Crippen molar-refractivity contribution in [3.8, 4) is 11.6 Å². The molecule has 0 unspecified atom stereocenters. The van der Waals surface area contributed by atoms with Gasteiger partial charge in [-0.1, -0.05) is 17.7 Å². The van der Waals surface area contributed by atoms with E-state index in [4.69, 9.17) is 24.2 Å². The van der Waals surface area contributed by atoms with Crippen molar-refractivity contribution in [1.29, 1.82) is 0 Å². The molecule has 0 radical (unpaired) electrons. The third-order valence-electron chi connectivity index (χ3n) is 4.97. The minimum Gasteiger partial charge on any atom is -0.489 e. The van der Waals surface area contributed by atoms with Gasteiger partial charge in [0.15, 0.2) is 5.58 Å². The number of anilines is 1. The van der Waals surface area contributed by atoms with Gasteiger partial charge in [-0.05, 0) is 42.8 Å². The molecule has 0 saturated heterocycles. The van der Waals surface area contributed by atoms with Gasteiger partial charge < -0.3 is 24.9 Å². The van der Waals surface area contributed by atoms with E-state index in [9.17, 15) is 12.8 Å². The molecule has 0 fully saturated rings. The maximum absolute atomic E-state index is 12.5. The quantitative estimate of drug-likeness (QED) is 0.268. The number of fused-ring (bicyclic) bond motifs is 1. The van der Waals surface area contributed by atoms with Crippen molar-refractivity contribution in [1.82, 2.24) is 9.97 Å². The van der Waals surface area contributed by atoms with Crippen LogP contribution in [0.4, 0.5) is 10.4 Å². The van der Waals surface area contributed by atoms with Crippen molar-refractivity contribution >= 4 is 27.2 Å². The lowest BCUT2D eigenvalue weighted by molar-refractivity contribution is 0.347. The molecule has 0 aliphatic heterocycles. The number of ether oxygens (including phenoxy) is 2. The maximum atomic E-state index is 12.5. The Hall–Kier alpha value is -4.00. The molecule has 10 nitrogen and oxygen atoms in total. The minimum absolute atomic E-state index is 0.0666. The molecule has 196 valence electrons. The Morgan fingerprint density at radius 1 is 1.19 bits per heavy atom. The van der Waals surface area contributed by atoms with E-state index >= 15 is 0 Å². The molecule has 4 rings (SSSR count). The summed E-state index contributed by atoms with van der Waals surface area (Å²) in [4.78, 5) is 8.36. The van der Waals surface area contributed by atoms with Crippen molar-refractivity contribution in [3.63, 3.8) is 0 Å². The molecule has 4 N–H and O–H groups in total. The summed E-state index contributed by atoms with van der Waals surface area (Å²) in [6, 6.07) is 15.3. The highest BCUT2D eigenvalue weighted by molar-refractivity contribution is 7.85. The smallest absolute Gasteiger partial charge is 0.295 e. The lowest BCUT2D eigenvalue weighted by Gasteiger charge is -2.06. The zero-order valence-electron chi connectivity index (χ0n) is 20.2. The fourth-order valence-corrected chi connectivity index (χ4v) is 3.42. The van der Waals surface area contributed by atoms with Gasteiger partial charge in [0.1, 0.15) is 17.9 Å². The van der Waals surface area contributed by atoms with Gasteiger partial charge in [0.2, 0.25) is 5.88 Å². The van der Waals surface area contributed by atoms with Gasteiger partial charge in [-0.2, -0.15) is 13.4 Å². The lowest BCUT2D eigenvalue weighted by Crippen LogP contribution is -2.10. The molecular formula is C25H27FN4O6S. The van der Waals surface area contributed by atoms with Gasteiger partial charge in [-0.3, -0.25) is 4.55 Å². The van der Waals surface area contributed by atoms with Crippen LogP contribution < -0.4 is 20.5 Å². The Morgan fingerprint density at radius 2 is 1.95 bits per heavy atom. The summed E-state index contributed by atoms with van der Waals surface area (Å²) in [6.45, 7) is 2.54. The summed E-state index contributed by atoms with van der Waals surface area (Å²) in [5, 5.41) is 3.11. The largest absolute Gasteiger partial charge is 0.489 e. The number of aryl methyl sites for hydroxylation is 1. The molecule has 2 heterocycles. The first kappa shape index (κ1) is 27.6. The maximum Gasteiger partial charge on any atom is 0.295 e. The molecule has 0 bridgehead atoms. The number of hydrogen-bond acceptors (Lipinski definition) is 9. The number of rotatable bonds is 9. The van der Waals surface area contributed by atoms with Crippen LogP contribution in [0.5, 0.6) is 11.6 Å². The Balaban J connectivity index is 0.000000289. The summed E-state index contributed by atoms with van der Waals surface area (Å²) in [7, 11) is -2.45. The molecule has 12 heteroatoms. The first-order valence-electron chi connectivity index (χ1n) is 11.0. The van der Waals surface area contributed by atoms with E-state index in [0.29, 0.717) is 47.2 Å². The normalized spacial score (nSPS) is 11.5. The van der Waals surface area contributed by atoms with Crippen molar-refractivity contribution in [2.45, 2.75) is 18.4 Å². The number of oxazole rings is 1. The number of pyridine rings is 1. The highest BCUT2D eigenvalue weighted by atomic mass is 32.2. The fraction of sp³-hybridized carbons (Fsp3) is 0.200. The van der Waals surface area contributed by atoms with E-state index in [0.717, 1.165) is 11.1 Å². The van der Waals surface area contributed by atoms with Gasteiger partial charge in [-0.15, -0.1) is 0 Å². The van der Waals surface area contributed by atoms with Crippen molar-refractivity contribution in [2.24, 2.45) is 5.73 Å². The van der Waals surface area contributed by atoms with Gasteiger partial charge in [-0.25, -0.2) is 9.37 Å². The van der Waals surface area contributed by atoms with Crippen LogP contribution in [-0.4, -0.2) is 43.2 Å². The number of benzene rings is 2. The van der Waals surface area contributed by atoms with E-state index in [1.165, 1.54) is 12.1 Å². The van der Waals surface area contributed by atoms with Crippen molar-refractivity contribution in [2.75, 3.05) is 25.6 Å². The summed E-state index contributed by atoms with van der Waals surface area (Å²) in [6.07, 6.45) is 2.14. The Bertz CT molecular complexity index is 1460. The average molecular weight is 531 g/mol. The molecule has 0 amide bonds. The van der Waals surface area contributed by atoms with Crippen LogP contribution in [0, 0.1) is 6.92 Å². The van der Waals surface area contributed by atoms with Crippen molar-refractivity contribution < 1.29 is 31.3 Å². The number of nitrogens with one attached hydrogen (secondary N) is 1. The predicted octanol–water partition coefficient (Wildman–Crippen LogP) is 4.28. The standard InChI is InChI=1S/C18H19FN4O3.C7H8O3S/c1-24-17-6-12(4-5-21-17)10-22-18-23-15-3-2-14(7-16(15)26-18)25-11-13(8-19)9-20;1-6-2-4-7(5-3-6)11(8,9)10/h2-8H,9-11,20H2,1H3,(H,22,23);2-5H,1H3,(H,8,9,10)/b13-8-;. The second-order valence-corrected chi connectivity index (χ2v) is 9.18. The third kappa shape index (κ3) is 8.27. The van der Waals surface area contributed by atoms with E-state index in [-0.39, 0.29) is 18.0 Å². The SMILES string of the molecule is COc1cc(CNc2nc3ccc(OC/C(=C\F)CN)cc3o2)ccn1.Cc1ccc(S(=O)(=O)O)cc1. The summed E-state index contributed by atoms with van der Waals surface area (Å²) in [5.74, 6) is 1.09. The molecule has 0 atom stereocenters. The molecule has 2 aromatic heterocycles. The van der Waals surface area contributed by atoms with E-state index in [2.05, 4.69) is 15.3 Å². The van der Waals surface area contributed by atoms with Crippen LogP contribution in [-0.2, 0) is 16.7 Å². The van der Waals surface area contributed by atoms with E-state index in [1.807, 2.05) is 19.1 Å². The molecule has 0 aliphatic rings. The Kier molecular flexibility index (Phi) is 9.55. The number of nitrogens with two attached hydrogens (primary N) is 1. The second-order valence-electron chi connectivity index (χ2n) is 7.76. The fourth-order valence-electron chi connectivity index (χ4n) is 2.94. The summed E-state index contributed by atoms with van der Waals surface area (Å²) < 4.78 is 58.4. The van der Waals surface area contributed by atoms with Crippen LogP contribution in [0.3, 0.4) is 0 Å². The number of hydrogen-bond donors (Lipinski definition) is 3. The van der Waals surface area contributed by atoms with Crippen LogP contribution in [0.1, 0.15) is 11.1 Å². The molecular weight excluding hydrogens is 503 g/mol. The average Bonchev–Trinajstić information content (AvgIpc) is 3.30. The zero-order valence-corrected chi connectivity index (χ0v) is 21.0. The first-order valence-corrected chi connectivity index (χ1v) is 12.4. The van der Waals surface area contributed by atoms with Crippen LogP contribution in [0.25, 0.3) is 11.1 Å². The van der Waals surface area contributed by atoms with Crippen LogP contribution >= 0.6 is 0 Å². The van der Waals surface area contributed by atoms with Crippen molar-refractivity contribution in [3.05, 3.63) is 83.8 Å². The number of aromatic nitrogens is 2. The lowest BCUT2D eigenvalue weighted by atomic mass is 10.2. The number of methoxy groups -OCH3 is 1. The molecule has 37 heavy (non-hydrogen) atoms. The summed E-state index contributed by atoms with van der Waals surface area (Å²) >= 11 is 0. The minimum atomic E-state index is -4.02. The summed E-state index contributed by atoms with van der Waals surface area (Å²) in [5.41, 5.74) is 8.97. The van der Waals surface area contributed by atoms with Gasteiger partial charge in [0.05, 0.1) is 18.3 Å². The molecule has 0 spiro atoms. The molecule has 0 aliphatic carbocycles. The Morgan fingerprint density at radius 3 is 2.59 bits per heavy atom. The predicted molar refractivity (Wildman–Crippen MR) is 137 cm³/mol. The molecule has 0 saturated carbocycles. The first-order chi connectivity index (χ1) is 17.7. The van der Waals surface area contributed by atoms with Gasteiger partial charge >= 0.3 is 0 Å². The molecule has 4 aromatic rings. The van der Waals surface area contributed by atoms with Crippen LogP contribution in [0.2, 0.25) is 0 Å².